The van der Waals surface area contributed by atoms with Crippen molar-refractivity contribution in [3.05, 3.63) is 112 Å². The number of hydrogen-bond acceptors (Lipinski definition) is 4. The van der Waals surface area contributed by atoms with Gasteiger partial charge in [0.25, 0.3) is 5.56 Å². The maximum absolute atomic E-state index is 13.1. The summed E-state index contributed by atoms with van der Waals surface area (Å²) in [5.41, 5.74) is 1.46. The molecule has 0 spiro atoms. The first-order valence-electron chi connectivity index (χ1n) is 10.5. The zero-order valence-corrected chi connectivity index (χ0v) is 18.0. The van der Waals surface area contributed by atoms with Gasteiger partial charge in [0.2, 0.25) is 5.91 Å². The van der Waals surface area contributed by atoms with E-state index in [1.54, 1.807) is 42.5 Å². The molecule has 4 aromatic rings. The van der Waals surface area contributed by atoms with Crippen molar-refractivity contribution in [1.29, 1.82) is 0 Å². The van der Waals surface area contributed by atoms with E-state index in [1.807, 2.05) is 30.3 Å². The third-order valence-corrected chi connectivity index (χ3v) is 5.07. The van der Waals surface area contributed by atoms with Crippen LogP contribution in [0.3, 0.4) is 0 Å². The summed E-state index contributed by atoms with van der Waals surface area (Å²) in [6, 6.07) is 22.5. The maximum atomic E-state index is 13.1. The van der Waals surface area contributed by atoms with Gasteiger partial charge in [-0.2, -0.15) is 8.78 Å². The van der Waals surface area contributed by atoms with Crippen molar-refractivity contribution in [1.82, 2.24) is 14.9 Å². The van der Waals surface area contributed by atoms with E-state index in [1.165, 1.54) is 23.1 Å². The Bertz CT molecular complexity index is 1370. The summed E-state index contributed by atoms with van der Waals surface area (Å²) < 4.78 is 29.9. The SMILES string of the molecule is O=C(C=Cc1ccccc1OC(F)F)N(Cc1ccccc1)Cc1nc2ccccc2c(=O)[nH]1. The van der Waals surface area contributed by atoms with Crippen molar-refractivity contribution < 1.29 is 18.3 Å². The minimum absolute atomic E-state index is 0.0308. The van der Waals surface area contributed by atoms with E-state index in [0.717, 1.165) is 5.56 Å². The molecule has 6 nitrogen and oxygen atoms in total. The minimum atomic E-state index is -2.98. The van der Waals surface area contributed by atoms with Gasteiger partial charge in [-0.05, 0) is 29.8 Å². The molecule has 34 heavy (non-hydrogen) atoms. The van der Waals surface area contributed by atoms with Crippen LogP contribution in [0.1, 0.15) is 17.0 Å². The largest absolute Gasteiger partial charge is 0.434 e. The Hall–Kier alpha value is -4.33. The van der Waals surface area contributed by atoms with Crippen LogP contribution in [0.4, 0.5) is 8.78 Å². The van der Waals surface area contributed by atoms with Gasteiger partial charge in [0.15, 0.2) is 0 Å². The number of H-pyrrole nitrogens is 1. The number of fused-ring (bicyclic) bond motifs is 1. The number of rotatable bonds is 8. The summed E-state index contributed by atoms with van der Waals surface area (Å²) in [7, 11) is 0. The smallest absolute Gasteiger partial charge is 0.387 e. The number of halogens is 2. The number of nitrogens with zero attached hydrogens (tertiary/aromatic N) is 2. The van der Waals surface area contributed by atoms with Crippen LogP contribution < -0.4 is 10.3 Å². The van der Waals surface area contributed by atoms with Crippen molar-refractivity contribution in [2.24, 2.45) is 0 Å². The molecule has 0 aliphatic carbocycles. The van der Waals surface area contributed by atoms with Crippen LogP contribution in [0.25, 0.3) is 17.0 Å². The fourth-order valence-electron chi connectivity index (χ4n) is 3.49. The summed E-state index contributed by atoms with van der Waals surface area (Å²) >= 11 is 0. The summed E-state index contributed by atoms with van der Waals surface area (Å²) in [6.45, 7) is -2.67. The van der Waals surface area contributed by atoms with Gasteiger partial charge in [-0.3, -0.25) is 9.59 Å². The molecular weight excluding hydrogens is 440 g/mol. The Morgan fingerprint density at radius 2 is 1.68 bits per heavy atom. The second-order valence-corrected chi connectivity index (χ2v) is 7.46. The zero-order valence-electron chi connectivity index (χ0n) is 18.0. The molecule has 1 heterocycles. The van der Waals surface area contributed by atoms with Crippen molar-refractivity contribution >= 4 is 22.9 Å². The molecular formula is C26H21F2N3O3. The predicted octanol–water partition coefficient (Wildman–Crippen LogP) is 4.77. The summed E-state index contributed by atoms with van der Waals surface area (Å²) in [5, 5.41) is 0.461. The topological polar surface area (TPSA) is 75.3 Å². The van der Waals surface area contributed by atoms with Gasteiger partial charge >= 0.3 is 6.61 Å². The number of aromatic nitrogens is 2. The molecule has 0 unspecified atom stereocenters. The van der Waals surface area contributed by atoms with Gasteiger partial charge in [0, 0.05) is 18.2 Å². The highest BCUT2D eigenvalue weighted by Crippen LogP contribution is 2.22. The normalized spacial score (nSPS) is 11.3. The Labute approximate surface area is 194 Å². The Morgan fingerprint density at radius 1 is 0.971 bits per heavy atom. The molecule has 0 aliphatic heterocycles. The van der Waals surface area contributed by atoms with E-state index in [4.69, 9.17) is 0 Å². The van der Waals surface area contributed by atoms with Crippen LogP contribution in [0, 0.1) is 0 Å². The Kier molecular flexibility index (Phi) is 7.07. The van der Waals surface area contributed by atoms with Gasteiger partial charge in [0.1, 0.15) is 11.6 Å². The van der Waals surface area contributed by atoms with Crippen molar-refractivity contribution in [2.75, 3.05) is 0 Å². The highest BCUT2D eigenvalue weighted by Gasteiger charge is 2.15. The summed E-state index contributed by atoms with van der Waals surface area (Å²) in [4.78, 5) is 34.3. The Morgan fingerprint density at radius 3 is 2.47 bits per heavy atom. The van der Waals surface area contributed by atoms with Gasteiger partial charge in [-0.1, -0.05) is 60.7 Å². The lowest BCUT2D eigenvalue weighted by molar-refractivity contribution is -0.127. The highest BCUT2D eigenvalue weighted by molar-refractivity contribution is 5.92. The predicted molar refractivity (Wildman–Crippen MR) is 125 cm³/mol. The molecule has 8 heteroatoms. The molecule has 4 rings (SSSR count). The first kappa shape index (κ1) is 22.8. The lowest BCUT2D eigenvalue weighted by atomic mass is 10.1. The quantitative estimate of drug-likeness (QED) is 0.384. The van der Waals surface area contributed by atoms with Gasteiger partial charge in [0.05, 0.1) is 17.4 Å². The van der Waals surface area contributed by atoms with Crippen LogP contribution in [0.15, 0.2) is 89.7 Å². The van der Waals surface area contributed by atoms with E-state index in [-0.39, 0.29) is 30.3 Å². The minimum Gasteiger partial charge on any atom is -0.434 e. The number of nitrogens with one attached hydrogen (secondary N) is 1. The van der Waals surface area contributed by atoms with E-state index in [9.17, 15) is 18.4 Å². The third-order valence-electron chi connectivity index (χ3n) is 5.07. The first-order chi connectivity index (χ1) is 16.5. The molecule has 0 bridgehead atoms. The summed E-state index contributed by atoms with van der Waals surface area (Å²) in [5.74, 6) is -0.0778. The molecule has 1 N–H and O–H groups in total. The van der Waals surface area contributed by atoms with Crippen molar-refractivity contribution in [3.63, 3.8) is 0 Å². The molecule has 0 aliphatic rings. The lowest BCUT2D eigenvalue weighted by Gasteiger charge is -2.21. The number of ether oxygens (including phenoxy) is 1. The number of carbonyl (C=O) groups excluding carboxylic acids is 1. The van der Waals surface area contributed by atoms with E-state index < -0.39 is 6.61 Å². The second kappa shape index (κ2) is 10.5. The van der Waals surface area contributed by atoms with E-state index in [2.05, 4.69) is 14.7 Å². The monoisotopic (exact) mass is 461 g/mol. The first-order valence-corrected chi connectivity index (χ1v) is 10.5. The van der Waals surface area contributed by atoms with E-state index in [0.29, 0.717) is 22.3 Å². The van der Waals surface area contributed by atoms with Crippen LogP contribution in [-0.4, -0.2) is 27.4 Å². The molecule has 3 aromatic carbocycles. The third kappa shape index (κ3) is 5.72. The molecule has 1 amide bonds. The molecule has 0 saturated heterocycles. The van der Waals surface area contributed by atoms with Gasteiger partial charge < -0.3 is 14.6 Å². The number of aromatic amines is 1. The average Bonchev–Trinajstić information content (AvgIpc) is 2.83. The lowest BCUT2D eigenvalue weighted by Crippen LogP contribution is -2.30. The van der Waals surface area contributed by atoms with E-state index >= 15 is 0 Å². The molecule has 0 saturated carbocycles. The van der Waals surface area contributed by atoms with Crippen LogP contribution in [0.5, 0.6) is 5.75 Å². The summed E-state index contributed by atoms with van der Waals surface area (Å²) in [6.07, 6.45) is 2.71. The fraction of sp³-hybridized carbons (Fsp3) is 0.115. The standard InChI is InChI=1S/C26H21F2N3O3/c27-26(28)34-22-13-7-4-10-19(22)14-15-24(32)31(16-18-8-2-1-3-9-18)17-23-29-21-12-6-5-11-20(21)25(33)30-23/h1-15,26H,16-17H2,(H,29,30,33). The second-order valence-electron chi connectivity index (χ2n) is 7.46. The molecule has 172 valence electrons. The molecule has 0 atom stereocenters. The fourth-order valence-corrected chi connectivity index (χ4v) is 3.49. The average molecular weight is 461 g/mol. The maximum Gasteiger partial charge on any atom is 0.387 e. The van der Waals surface area contributed by atoms with Crippen LogP contribution in [-0.2, 0) is 17.9 Å². The van der Waals surface area contributed by atoms with Crippen LogP contribution >= 0.6 is 0 Å². The molecule has 0 radical (unpaired) electrons. The molecule has 1 aromatic heterocycles. The highest BCUT2D eigenvalue weighted by atomic mass is 19.3. The number of benzene rings is 3. The Balaban J connectivity index is 1.62. The number of alkyl halides is 2. The number of amides is 1. The van der Waals surface area contributed by atoms with Gasteiger partial charge in [-0.25, -0.2) is 4.98 Å². The number of para-hydroxylation sites is 2. The van der Waals surface area contributed by atoms with Gasteiger partial charge in [-0.15, -0.1) is 0 Å². The number of carbonyl (C=O) groups is 1. The van der Waals surface area contributed by atoms with Crippen molar-refractivity contribution in [2.45, 2.75) is 19.7 Å². The van der Waals surface area contributed by atoms with Crippen molar-refractivity contribution in [3.8, 4) is 5.75 Å². The molecule has 0 fully saturated rings. The number of hydrogen-bond donors (Lipinski definition) is 1. The van der Waals surface area contributed by atoms with Crippen LogP contribution in [0.2, 0.25) is 0 Å². The zero-order chi connectivity index (χ0) is 23.9.